The van der Waals surface area contributed by atoms with Gasteiger partial charge in [0.05, 0.1) is 17.0 Å². The molecule has 4 rings (SSSR count). The highest BCUT2D eigenvalue weighted by atomic mass is 32.2. The highest BCUT2D eigenvalue weighted by Crippen LogP contribution is 2.31. The Balaban J connectivity index is 0.00000484. The summed E-state index contributed by atoms with van der Waals surface area (Å²) in [5.74, 6) is -0.430. The Hall–Kier alpha value is -3.07. The van der Waals surface area contributed by atoms with Crippen molar-refractivity contribution in [2.24, 2.45) is 0 Å². The molecule has 0 bridgehead atoms. The van der Waals surface area contributed by atoms with Crippen LogP contribution in [0.5, 0.6) is 0 Å². The SMILES string of the molecule is C.CC(C)c1ccc(S(=O)(=O)N[C@H](CC(=O)N[C@@H]2CCCc3cc(CNC(C)(C)C)ccc32)c2ccc(F)cc2)cc1. The van der Waals surface area contributed by atoms with Crippen LogP contribution in [0.2, 0.25) is 0 Å². The minimum Gasteiger partial charge on any atom is -0.349 e. The van der Waals surface area contributed by atoms with Crippen LogP contribution < -0.4 is 15.4 Å². The van der Waals surface area contributed by atoms with Crippen molar-refractivity contribution in [1.82, 2.24) is 15.4 Å². The maximum Gasteiger partial charge on any atom is 0.241 e. The third-order valence-corrected chi connectivity index (χ3v) is 8.98. The number of carbonyl (C=O) groups is 1. The summed E-state index contributed by atoms with van der Waals surface area (Å²) in [6, 6.07) is 17.7. The fourth-order valence-corrected chi connectivity index (χ4v) is 6.37. The molecule has 1 aliphatic carbocycles. The number of sulfonamides is 1. The molecule has 0 unspecified atom stereocenters. The van der Waals surface area contributed by atoms with Gasteiger partial charge in [-0.05, 0) is 98.0 Å². The number of carbonyl (C=O) groups excluding carboxylic acids is 1. The number of halogens is 1. The highest BCUT2D eigenvalue weighted by Gasteiger charge is 2.27. The first-order valence-corrected chi connectivity index (χ1v) is 15.8. The Bertz CT molecular complexity index is 1450. The molecule has 0 aromatic heterocycles. The van der Waals surface area contributed by atoms with Gasteiger partial charge in [-0.3, -0.25) is 4.79 Å². The summed E-state index contributed by atoms with van der Waals surface area (Å²) in [6.45, 7) is 11.3. The molecular formula is C34H46FN3O3S. The number of benzene rings is 3. The van der Waals surface area contributed by atoms with Gasteiger partial charge in [-0.1, -0.05) is 63.7 Å². The van der Waals surface area contributed by atoms with Crippen molar-refractivity contribution in [1.29, 1.82) is 0 Å². The van der Waals surface area contributed by atoms with Gasteiger partial charge in [0.1, 0.15) is 5.82 Å². The minimum absolute atomic E-state index is 0. The topological polar surface area (TPSA) is 87.3 Å². The van der Waals surface area contributed by atoms with E-state index in [1.807, 2.05) is 13.8 Å². The van der Waals surface area contributed by atoms with Gasteiger partial charge in [-0.2, -0.15) is 0 Å². The first kappa shape index (κ1) is 33.4. The van der Waals surface area contributed by atoms with Crippen LogP contribution in [-0.2, 0) is 27.8 Å². The average Bonchev–Trinajstić information content (AvgIpc) is 2.91. The van der Waals surface area contributed by atoms with E-state index in [1.165, 1.54) is 35.4 Å². The molecule has 42 heavy (non-hydrogen) atoms. The van der Waals surface area contributed by atoms with Crippen LogP contribution in [-0.4, -0.2) is 19.9 Å². The van der Waals surface area contributed by atoms with E-state index >= 15 is 0 Å². The molecule has 2 atom stereocenters. The van der Waals surface area contributed by atoms with Gasteiger partial charge in [0.25, 0.3) is 0 Å². The maximum atomic E-state index is 13.7. The van der Waals surface area contributed by atoms with Crippen LogP contribution in [0, 0.1) is 5.82 Å². The molecule has 8 heteroatoms. The molecule has 1 aliphatic rings. The quantitative estimate of drug-likeness (QED) is 0.234. The molecule has 0 spiro atoms. The summed E-state index contributed by atoms with van der Waals surface area (Å²) in [5.41, 5.74) is 5.11. The van der Waals surface area contributed by atoms with Crippen molar-refractivity contribution in [3.63, 3.8) is 0 Å². The first-order chi connectivity index (χ1) is 19.3. The summed E-state index contributed by atoms with van der Waals surface area (Å²) < 4.78 is 43.0. The first-order valence-electron chi connectivity index (χ1n) is 14.3. The summed E-state index contributed by atoms with van der Waals surface area (Å²) in [5, 5.41) is 6.66. The molecule has 3 aromatic rings. The van der Waals surface area contributed by atoms with Gasteiger partial charge in [0, 0.05) is 18.5 Å². The summed E-state index contributed by atoms with van der Waals surface area (Å²) in [4.78, 5) is 13.5. The van der Waals surface area contributed by atoms with Crippen LogP contribution in [0.15, 0.2) is 71.6 Å². The third-order valence-electron chi connectivity index (χ3n) is 7.50. The Morgan fingerprint density at radius 3 is 2.24 bits per heavy atom. The average molecular weight is 596 g/mol. The molecule has 0 radical (unpaired) electrons. The Morgan fingerprint density at radius 1 is 0.976 bits per heavy atom. The number of aryl methyl sites for hydroxylation is 1. The number of fused-ring (bicyclic) bond motifs is 1. The number of rotatable bonds is 10. The van der Waals surface area contributed by atoms with Crippen molar-refractivity contribution in [2.45, 2.75) is 103 Å². The van der Waals surface area contributed by atoms with Gasteiger partial charge in [0.2, 0.25) is 15.9 Å². The molecule has 3 aromatic carbocycles. The van der Waals surface area contributed by atoms with E-state index in [9.17, 15) is 17.6 Å². The van der Waals surface area contributed by atoms with Crippen molar-refractivity contribution < 1.29 is 17.6 Å². The highest BCUT2D eigenvalue weighted by molar-refractivity contribution is 7.89. The van der Waals surface area contributed by atoms with E-state index < -0.39 is 21.9 Å². The zero-order chi connectivity index (χ0) is 29.8. The molecule has 3 N–H and O–H groups in total. The maximum absolute atomic E-state index is 13.7. The number of hydrogen-bond donors (Lipinski definition) is 3. The predicted molar refractivity (Wildman–Crippen MR) is 168 cm³/mol. The fraction of sp³-hybridized carbons (Fsp3) is 0.441. The van der Waals surface area contributed by atoms with Gasteiger partial charge in [0.15, 0.2) is 0 Å². The minimum atomic E-state index is -3.94. The van der Waals surface area contributed by atoms with Crippen LogP contribution in [0.1, 0.15) is 107 Å². The fourth-order valence-electron chi connectivity index (χ4n) is 5.14. The van der Waals surface area contributed by atoms with E-state index in [0.29, 0.717) is 5.56 Å². The van der Waals surface area contributed by atoms with Gasteiger partial charge in [-0.25, -0.2) is 17.5 Å². The van der Waals surface area contributed by atoms with Crippen molar-refractivity contribution in [2.75, 3.05) is 0 Å². The van der Waals surface area contributed by atoms with Crippen molar-refractivity contribution >= 4 is 15.9 Å². The lowest BCUT2D eigenvalue weighted by Crippen LogP contribution is -2.36. The van der Waals surface area contributed by atoms with Gasteiger partial charge >= 0.3 is 0 Å². The van der Waals surface area contributed by atoms with E-state index in [-0.39, 0.29) is 42.1 Å². The lowest BCUT2D eigenvalue weighted by Gasteiger charge is -2.28. The lowest BCUT2D eigenvalue weighted by molar-refractivity contribution is -0.122. The monoisotopic (exact) mass is 595 g/mol. The molecule has 6 nitrogen and oxygen atoms in total. The van der Waals surface area contributed by atoms with Crippen molar-refractivity contribution in [3.8, 4) is 0 Å². The summed E-state index contributed by atoms with van der Waals surface area (Å²) in [6.07, 6.45) is 2.61. The Morgan fingerprint density at radius 2 is 1.62 bits per heavy atom. The van der Waals surface area contributed by atoms with Crippen LogP contribution in [0.3, 0.4) is 0 Å². The number of amides is 1. The third kappa shape index (κ3) is 8.96. The molecule has 1 amide bonds. The van der Waals surface area contributed by atoms with E-state index in [1.54, 1.807) is 24.3 Å². The van der Waals surface area contributed by atoms with Crippen LogP contribution in [0.25, 0.3) is 0 Å². The molecule has 0 aliphatic heterocycles. The van der Waals surface area contributed by atoms with E-state index in [2.05, 4.69) is 54.3 Å². The molecule has 0 saturated heterocycles. The second kappa shape index (κ2) is 13.9. The Kier molecular flexibility index (Phi) is 11.1. The van der Waals surface area contributed by atoms with Gasteiger partial charge < -0.3 is 10.6 Å². The Labute approximate surface area is 251 Å². The molecular weight excluding hydrogens is 549 g/mol. The van der Waals surface area contributed by atoms with Crippen molar-refractivity contribution in [3.05, 3.63) is 100 Å². The summed E-state index contributed by atoms with van der Waals surface area (Å²) in [7, 11) is -3.94. The second-order valence-corrected chi connectivity index (χ2v) is 14.0. The molecule has 0 saturated carbocycles. The number of hydrogen-bond acceptors (Lipinski definition) is 4. The van der Waals surface area contributed by atoms with E-state index in [0.717, 1.165) is 36.9 Å². The van der Waals surface area contributed by atoms with Crippen LogP contribution >= 0.6 is 0 Å². The zero-order valence-corrected chi connectivity index (χ0v) is 25.4. The lowest BCUT2D eigenvalue weighted by atomic mass is 9.86. The smallest absolute Gasteiger partial charge is 0.241 e. The van der Waals surface area contributed by atoms with Gasteiger partial charge in [-0.15, -0.1) is 0 Å². The van der Waals surface area contributed by atoms with Crippen LogP contribution in [0.4, 0.5) is 4.39 Å². The van der Waals surface area contributed by atoms with E-state index in [4.69, 9.17) is 0 Å². The zero-order valence-electron chi connectivity index (χ0n) is 24.6. The molecule has 0 fully saturated rings. The standard InChI is InChI=1S/C33H42FN3O3S.CH4/c1-22(2)24-12-16-28(17-13-24)41(39,40)37-31(25-10-14-27(34)15-11-25)20-32(38)36-30-8-6-7-26-19-23(9-18-29(26)30)21-35-33(3,4)5;/h9-19,22,30-31,35,37H,6-8,20-21H2,1-5H3,(H,36,38);1H4/t30-,31-;/m1./s1. The largest absolute Gasteiger partial charge is 0.349 e. The summed E-state index contributed by atoms with van der Waals surface area (Å²) >= 11 is 0. The normalized spacial score (nSPS) is 15.9. The molecule has 228 valence electrons. The predicted octanol–water partition coefficient (Wildman–Crippen LogP) is 7.08. The second-order valence-electron chi connectivity index (χ2n) is 12.3. The number of nitrogens with one attached hydrogen (secondary N) is 3. The molecule has 0 heterocycles.